The molecule has 1 aromatic carbocycles. The van der Waals surface area contributed by atoms with Gasteiger partial charge in [-0.15, -0.1) is 21.5 Å². The standard InChI is InChI=1S/C23H28N4O4S2/c1-5-17-13-18(22(29)31-8-4)21(33-17)24-19(28)14-32-23-26-25-20(27(23)6-2)15-9-11-16(12-10-15)30-7-3/h9-13H,5-8,14H2,1-4H3,(H,24,28). The van der Waals surface area contributed by atoms with Gasteiger partial charge in [0.2, 0.25) is 5.91 Å². The van der Waals surface area contributed by atoms with Crippen molar-refractivity contribution in [2.75, 3.05) is 24.3 Å². The maximum atomic E-state index is 12.6. The fourth-order valence-electron chi connectivity index (χ4n) is 3.12. The maximum absolute atomic E-state index is 12.6. The Morgan fingerprint density at radius 3 is 2.48 bits per heavy atom. The number of carbonyl (C=O) groups excluding carboxylic acids is 2. The Balaban J connectivity index is 1.69. The van der Waals surface area contributed by atoms with E-state index in [1.165, 1.54) is 23.1 Å². The number of benzene rings is 1. The summed E-state index contributed by atoms with van der Waals surface area (Å²) in [5.74, 6) is 1.03. The summed E-state index contributed by atoms with van der Waals surface area (Å²) in [5, 5.41) is 12.6. The zero-order valence-electron chi connectivity index (χ0n) is 19.2. The van der Waals surface area contributed by atoms with Gasteiger partial charge < -0.3 is 19.4 Å². The van der Waals surface area contributed by atoms with Crippen molar-refractivity contribution in [1.82, 2.24) is 14.8 Å². The van der Waals surface area contributed by atoms with Gasteiger partial charge in [0.25, 0.3) is 0 Å². The van der Waals surface area contributed by atoms with Crippen molar-refractivity contribution in [2.45, 2.75) is 45.8 Å². The highest BCUT2D eigenvalue weighted by molar-refractivity contribution is 7.99. The summed E-state index contributed by atoms with van der Waals surface area (Å²) in [6, 6.07) is 9.48. The van der Waals surface area contributed by atoms with Crippen LogP contribution in [0.25, 0.3) is 11.4 Å². The van der Waals surface area contributed by atoms with Crippen LogP contribution in [0, 0.1) is 0 Å². The SMILES string of the molecule is CCOC(=O)c1cc(CC)sc1NC(=O)CSc1nnc(-c2ccc(OCC)cc2)n1CC. The molecule has 1 amide bonds. The minimum Gasteiger partial charge on any atom is -0.494 e. The van der Waals surface area contributed by atoms with Gasteiger partial charge in [-0.25, -0.2) is 4.79 Å². The molecule has 176 valence electrons. The highest BCUT2D eigenvalue weighted by Crippen LogP contribution is 2.30. The normalized spacial score (nSPS) is 10.8. The monoisotopic (exact) mass is 488 g/mol. The van der Waals surface area contributed by atoms with Crippen LogP contribution in [0.1, 0.15) is 42.9 Å². The number of aromatic nitrogens is 3. The number of thiophene rings is 1. The molecule has 3 rings (SSSR count). The van der Waals surface area contributed by atoms with E-state index in [2.05, 4.69) is 15.5 Å². The molecule has 2 heterocycles. The molecule has 0 saturated heterocycles. The van der Waals surface area contributed by atoms with E-state index in [1.807, 2.05) is 49.6 Å². The van der Waals surface area contributed by atoms with Gasteiger partial charge >= 0.3 is 5.97 Å². The highest BCUT2D eigenvalue weighted by atomic mass is 32.2. The first-order valence-electron chi connectivity index (χ1n) is 10.9. The van der Waals surface area contributed by atoms with Gasteiger partial charge in [0.05, 0.1) is 24.5 Å². The Kier molecular flexibility index (Phi) is 8.90. The number of ether oxygens (including phenoxy) is 2. The fourth-order valence-corrected chi connectivity index (χ4v) is 4.93. The van der Waals surface area contributed by atoms with Gasteiger partial charge in [0, 0.05) is 17.0 Å². The lowest BCUT2D eigenvalue weighted by atomic mass is 10.2. The Bertz CT molecular complexity index is 1090. The lowest BCUT2D eigenvalue weighted by molar-refractivity contribution is -0.113. The van der Waals surface area contributed by atoms with Crippen LogP contribution < -0.4 is 10.1 Å². The first kappa shape index (κ1) is 24.8. The number of anilines is 1. The minimum absolute atomic E-state index is 0.142. The average molecular weight is 489 g/mol. The fraction of sp³-hybridized carbons (Fsp3) is 0.391. The van der Waals surface area contributed by atoms with Crippen LogP contribution >= 0.6 is 23.1 Å². The first-order valence-corrected chi connectivity index (χ1v) is 12.7. The number of amides is 1. The van der Waals surface area contributed by atoms with Crippen molar-refractivity contribution in [2.24, 2.45) is 0 Å². The van der Waals surface area contributed by atoms with Gasteiger partial charge in [-0.1, -0.05) is 18.7 Å². The zero-order chi connectivity index (χ0) is 23.8. The molecule has 0 unspecified atom stereocenters. The molecule has 1 N–H and O–H groups in total. The third kappa shape index (κ3) is 6.14. The Morgan fingerprint density at radius 1 is 1.09 bits per heavy atom. The third-order valence-electron chi connectivity index (χ3n) is 4.67. The van der Waals surface area contributed by atoms with Gasteiger partial charge in [-0.2, -0.15) is 0 Å². The third-order valence-corrected chi connectivity index (χ3v) is 6.83. The van der Waals surface area contributed by atoms with Gasteiger partial charge in [-0.3, -0.25) is 4.79 Å². The minimum atomic E-state index is -0.429. The van der Waals surface area contributed by atoms with Crippen LogP contribution in [-0.2, 0) is 22.5 Å². The van der Waals surface area contributed by atoms with Crippen molar-refractivity contribution in [1.29, 1.82) is 0 Å². The van der Waals surface area contributed by atoms with Gasteiger partial charge in [-0.05, 0) is 57.5 Å². The highest BCUT2D eigenvalue weighted by Gasteiger charge is 2.20. The lowest BCUT2D eigenvalue weighted by Crippen LogP contribution is -2.16. The predicted molar refractivity (Wildman–Crippen MR) is 131 cm³/mol. The molecule has 8 nitrogen and oxygen atoms in total. The summed E-state index contributed by atoms with van der Waals surface area (Å²) in [7, 11) is 0. The molecule has 0 atom stereocenters. The molecule has 0 aliphatic heterocycles. The van der Waals surface area contributed by atoms with E-state index in [9.17, 15) is 9.59 Å². The molecule has 33 heavy (non-hydrogen) atoms. The lowest BCUT2D eigenvalue weighted by Gasteiger charge is -2.09. The van der Waals surface area contributed by atoms with E-state index in [1.54, 1.807) is 13.0 Å². The second kappa shape index (κ2) is 11.9. The van der Waals surface area contributed by atoms with Crippen molar-refractivity contribution in [3.63, 3.8) is 0 Å². The molecule has 10 heteroatoms. The number of aryl methyl sites for hydroxylation is 1. The first-order chi connectivity index (χ1) is 16.0. The molecular weight excluding hydrogens is 460 g/mol. The van der Waals surface area contributed by atoms with Crippen LogP contribution in [0.4, 0.5) is 5.00 Å². The number of hydrogen-bond donors (Lipinski definition) is 1. The second-order valence-corrected chi connectivity index (χ2v) is 8.95. The van der Waals surface area contributed by atoms with Crippen LogP contribution in [0.5, 0.6) is 5.75 Å². The van der Waals surface area contributed by atoms with Gasteiger partial charge in [0.15, 0.2) is 11.0 Å². The number of hydrogen-bond acceptors (Lipinski definition) is 8. The summed E-state index contributed by atoms with van der Waals surface area (Å²) < 4.78 is 12.6. The molecule has 0 aliphatic carbocycles. The van der Waals surface area contributed by atoms with E-state index in [-0.39, 0.29) is 18.3 Å². The average Bonchev–Trinajstić information content (AvgIpc) is 3.42. The number of carbonyl (C=O) groups is 2. The summed E-state index contributed by atoms with van der Waals surface area (Å²) in [6.45, 7) is 9.27. The van der Waals surface area contributed by atoms with Crippen LogP contribution in [-0.4, -0.2) is 45.6 Å². The summed E-state index contributed by atoms with van der Waals surface area (Å²) in [4.78, 5) is 25.9. The molecular formula is C23H28N4O4S2. The number of thioether (sulfide) groups is 1. The topological polar surface area (TPSA) is 95.3 Å². The summed E-state index contributed by atoms with van der Waals surface area (Å²) in [6.07, 6.45) is 0.773. The maximum Gasteiger partial charge on any atom is 0.341 e. The Morgan fingerprint density at radius 2 is 1.85 bits per heavy atom. The molecule has 0 radical (unpaired) electrons. The largest absolute Gasteiger partial charge is 0.494 e. The molecule has 3 aromatic rings. The van der Waals surface area contributed by atoms with Crippen LogP contribution in [0.2, 0.25) is 0 Å². The van der Waals surface area contributed by atoms with Crippen molar-refractivity contribution in [3.05, 3.63) is 40.8 Å². The molecule has 0 spiro atoms. The summed E-state index contributed by atoms with van der Waals surface area (Å²) >= 11 is 2.70. The van der Waals surface area contributed by atoms with Gasteiger partial charge in [0.1, 0.15) is 10.8 Å². The predicted octanol–water partition coefficient (Wildman–Crippen LogP) is 4.90. The molecule has 0 saturated carbocycles. The molecule has 0 bridgehead atoms. The van der Waals surface area contributed by atoms with Crippen molar-refractivity contribution >= 4 is 40.0 Å². The molecule has 0 aliphatic rings. The summed E-state index contributed by atoms with van der Waals surface area (Å²) in [5.41, 5.74) is 1.32. The van der Waals surface area contributed by atoms with Crippen LogP contribution in [0.3, 0.4) is 0 Å². The van der Waals surface area contributed by atoms with E-state index in [4.69, 9.17) is 9.47 Å². The van der Waals surface area contributed by atoms with Crippen molar-refractivity contribution < 1.29 is 19.1 Å². The van der Waals surface area contributed by atoms with Crippen LogP contribution in [0.15, 0.2) is 35.5 Å². The number of nitrogens with one attached hydrogen (secondary N) is 1. The Labute approximate surface area is 201 Å². The van der Waals surface area contributed by atoms with E-state index in [0.717, 1.165) is 28.4 Å². The van der Waals surface area contributed by atoms with E-state index >= 15 is 0 Å². The second-order valence-electron chi connectivity index (χ2n) is 6.87. The number of rotatable bonds is 11. The molecule has 0 fully saturated rings. The quantitative estimate of drug-likeness (QED) is 0.303. The van der Waals surface area contributed by atoms with E-state index in [0.29, 0.717) is 28.9 Å². The zero-order valence-corrected chi connectivity index (χ0v) is 20.8. The van der Waals surface area contributed by atoms with E-state index < -0.39 is 5.97 Å². The number of nitrogens with zero attached hydrogens (tertiary/aromatic N) is 3. The molecule has 2 aromatic heterocycles. The smallest absolute Gasteiger partial charge is 0.341 e. The Hall–Kier alpha value is -2.85. The number of esters is 1. The van der Waals surface area contributed by atoms with Crippen molar-refractivity contribution in [3.8, 4) is 17.1 Å².